The third-order valence-corrected chi connectivity index (χ3v) is 3.99. The van der Waals surface area contributed by atoms with Gasteiger partial charge in [0.1, 0.15) is 5.82 Å². The standard InChI is InChI=1S/C12H16N6S/c1-19-9-7-14-17-11(9)8-6-10(16-12(13)15-8)18-4-2-3-5-18/h6-7H,2-5H2,1H3,(H,14,17)(H2,13,15,16). The van der Waals surface area contributed by atoms with Crippen molar-refractivity contribution in [2.24, 2.45) is 0 Å². The first kappa shape index (κ1) is 12.3. The summed E-state index contributed by atoms with van der Waals surface area (Å²) in [7, 11) is 0. The van der Waals surface area contributed by atoms with Crippen molar-refractivity contribution in [3.8, 4) is 11.4 Å². The number of rotatable bonds is 3. The first-order valence-corrected chi connectivity index (χ1v) is 7.47. The van der Waals surface area contributed by atoms with Crippen LogP contribution in [0.25, 0.3) is 11.4 Å². The first-order valence-electron chi connectivity index (χ1n) is 6.25. The molecule has 100 valence electrons. The van der Waals surface area contributed by atoms with E-state index >= 15 is 0 Å². The molecule has 0 spiro atoms. The van der Waals surface area contributed by atoms with E-state index in [1.165, 1.54) is 12.8 Å². The van der Waals surface area contributed by atoms with Crippen molar-refractivity contribution in [2.75, 3.05) is 30.0 Å². The van der Waals surface area contributed by atoms with Crippen LogP contribution in [0.15, 0.2) is 17.2 Å². The van der Waals surface area contributed by atoms with Crippen molar-refractivity contribution in [3.05, 3.63) is 12.3 Å². The number of hydrogen-bond acceptors (Lipinski definition) is 6. The number of H-pyrrole nitrogens is 1. The van der Waals surface area contributed by atoms with Crippen LogP contribution in [0.3, 0.4) is 0 Å². The number of hydrogen-bond donors (Lipinski definition) is 2. The van der Waals surface area contributed by atoms with E-state index in [-0.39, 0.29) is 0 Å². The Labute approximate surface area is 115 Å². The monoisotopic (exact) mass is 276 g/mol. The van der Waals surface area contributed by atoms with E-state index in [2.05, 4.69) is 25.1 Å². The van der Waals surface area contributed by atoms with Crippen molar-refractivity contribution >= 4 is 23.5 Å². The molecule has 3 N–H and O–H groups in total. The number of aromatic amines is 1. The number of nitrogens with one attached hydrogen (secondary N) is 1. The fourth-order valence-corrected chi connectivity index (χ4v) is 2.81. The molecule has 0 radical (unpaired) electrons. The molecule has 1 aliphatic rings. The lowest BCUT2D eigenvalue weighted by atomic mass is 10.3. The Morgan fingerprint density at radius 3 is 2.84 bits per heavy atom. The average Bonchev–Trinajstić information content (AvgIpc) is 3.09. The third kappa shape index (κ3) is 2.37. The number of aromatic nitrogens is 4. The molecule has 0 bridgehead atoms. The Morgan fingerprint density at radius 2 is 2.11 bits per heavy atom. The van der Waals surface area contributed by atoms with Gasteiger partial charge >= 0.3 is 0 Å². The Hall–Kier alpha value is -1.76. The van der Waals surface area contributed by atoms with Gasteiger partial charge in [0.2, 0.25) is 5.95 Å². The molecular formula is C12H16N6S. The highest BCUT2D eigenvalue weighted by Crippen LogP contribution is 2.29. The van der Waals surface area contributed by atoms with Gasteiger partial charge in [0.15, 0.2) is 0 Å². The van der Waals surface area contributed by atoms with E-state index in [4.69, 9.17) is 5.73 Å². The highest BCUT2D eigenvalue weighted by molar-refractivity contribution is 7.98. The molecule has 0 amide bonds. The van der Waals surface area contributed by atoms with Gasteiger partial charge in [0.25, 0.3) is 0 Å². The minimum atomic E-state index is 0.307. The molecule has 6 nitrogen and oxygen atoms in total. The molecule has 1 aliphatic heterocycles. The number of thioether (sulfide) groups is 1. The largest absolute Gasteiger partial charge is 0.368 e. The topological polar surface area (TPSA) is 83.7 Å². The van der Waals surface area contributed by atoms with Crippen LogP contribution in [-0.4, -0.2) is 39.5 Å². The van der Waals surface area contributed by atoms with E-state index < -0.39 is 0 Å². The zero-order valence-electron chi connectivity index (χ0n) is 10.8. The molecule has 2 aromatic heterocycles. The predicted octanol–water partition coefficient (Wildman–Crippen LogP) is 1.77. The summed E-state index contributed by atoms with van der Waals surface area (Å²) in [5.41, 5.74) is 7.54. The van der Waals surface area contributed by atoms with Crippen LogP contribution in [0.4, 0.5) is 11.8 Å². The molecule has 0 atom stereocenters. The summed E-state index contributed by atoms with van der Waals surface area (Å²) < 4.78 is 0. The van der Waals surface area contributed by atoms with Gasteiger partial charge in [-0.2, -0.15) is 10.1 Å². The molecule has 19 heavy (non-hydrogen) atoms. The molecule has 2 aromatic rings. The summed E-state index contributed by atoms with van der Waals surface area (Å²) >= 11 is 1.63. The second-order valence-corrected chi connectivity index (χ2v) is 5.33. The molecule has 0 aromatic carbocycles. The lowest BCUT2D eigenvalue weighted by Gasteiger charge is -2.17. The second kappa shape index (κ2) is 5.08. The van der Waals surface area contributed by atoms with Crippen molar-refractivity contribution in [2.45, 2.75) is 17.7 Å². The van der Waals surface area contributed by atoms with Gasteiger partial charge in [0.05, 0.1) is 22.5 Å². The van der Waals surface area contributed by atoms with Gasteiger partial charge in [-0.15, -0.1) is 11.8 Å². The molecule has 0 aliphatic carbocycles. The van der Waals surface area contributed by atoms with Gasteiger partial charge in [-0.1, -0.05) is 0 Å². The number of nitrogens with zero attached hydrogens (tertiary/aromatic N) is 4. The van der Waals surface area contributed by atoms with E-state index in [1.807, 2.05) is 12.3 Å². The molecular weight excluding hydrogens is 260 g/mol. The van der Waals surface area contributed by atoms with Crippen LogP contribution < -0.4 is 10.6 Å². The number of nitrogen functional groups attached to an aromatic ring is 1. The zero-order chi connectivity index (χ0) is 13.2. The molecule has 1 fully saturated rings. The second-order valence-electron chi connectivity index (χ2n) is 4.48. The Balaban J connectivity index is 2.02. The van der Waals surface area contributed by atoms with Gasteiger partial charge in [-0.3, -0.25) is 5.10 Å². The van der Waals surface area contributed by atoms with Crippen molar-refractivity contribution in [3.63, 3.8) is 0 Å². The van der Waals surface area contributed by atoms with Gasteiger partial charge in [-0.05, 0) is 19.1 Å². The highest BCUT2D eigenvalue weighted by Gasteiger charge is 2.17. The van der Waals surface area contributed by atoms with Gasteiger partial charge in [-0.25, -0.2) is 4.98 Å². The van der Waals surface area contributed by atoms with Crippen LogP contribution in [0.5, 0.6) is 0 Å². The quantitative estimate of drug-likeness (QED) is 0.831. The Morgan fingerprint density at radius 1 is 1.32 bits per heavy atom. The number of anilines is 2. The van der Waals surface area contributed by atoms with Gasteiger partial charge < -0.3 is 10.6 Å². The summed E-state index contributed by atoms with van der Waals surface area (Å²) in [4.78, 5) is 12.0. The van der Waals surface area contributed by atoms with Crippen molar-refractivity contribution in [1.82, 2.24) is 20.2 Å². The smallest absolute Gasteiger partial charge is 0.222 e. The molecule has 7 heteroatoms. The normalized spacial score (nSPS) is 15.1. The van der Waals surface area contributed by atoms with E-state index in [1.54, 1.807) is 18.0 Å². The molecule has 0 unspecified atom stereocenters. The fraction of sp³-hybridized carbons (Fsp3) is 0.417. The minimum Gasteiger partial charge on any atom is -0.368 e. The number of nitrogens with two attached hydrogens (primary N) is 1. The molecule has 1 saturated heterocycles. The van der Waals surface area contributed by atoms with E-state index in [0.29, 0.717) is 5.95 Å². The maximum absolute atomic E-state index is 5.83. The van der Waals surface area contributed by atoms with Crippen LogP contribution in [0.1, 0.15) is 12.8 Å². The summed E-state index contributed by atoms with van der Waals surface area (Å²) in [6, 6.07) is 1.98. The third-order valence-electron chi connectivity index (χ3n) is 3.24. The van der Waals surface area contributed by atoms with Crippen LogP contribution in [0, 0.1) is 0 Å². The average molecular weight is 276 g/mol. The summed E-state index contributed by atoms with van der Waals surface area (Å²) in [5.74, 6) is 1.21. The summed E-state index contributed by atoms with van der Waals surface area (Å²) in [6.45, 7) is 2.07. The van der Waals surface area contributed by atoms with Crippen LogP contribution >= 0.6 is 11.8 Å². The zero-order valence-corrected chi connectivity index (χ0v) is 11.6. The highest BCUT2D eigenvalue weighted by atomic mass is 32.2. The summed E-state index contributed by atoms with van der Waals surface area (Å²) in [5, 5.41) is 7.05. The van der Waals surface area contributed by atoms with E-state index in [0.717, 1.165) is 35.2 Å². The molecule has 0 saturated carbocycles. The first-order chi connectivity index (χ1) is 9.28. The van der Waals surface area contributed by atoms with Crippen LogP contribution in [-0.2, 0) is 0 Å². The van der Waals surface area contributed by atoms with Crippen molar-refractivity contribution < 1.29 is 0 Å². The van der Waals surface area contributed by atoms with Crippen molar-refractivity contribution in [1.29, 1.82) is 0 Å². The molecule has 3 heterocycles. The Bertz CT molecular complexity index is 575. The SMILES string of the molecule is CSc1cn[nH]c1-c1cc(N2CCCC2)nc(N)n1. The Kier molecular flexibility index (Phi) is 3.29. The lowest BCUT2D eigenvalue weighted by Crippen LogP contribution is -2.19. The molecule has 3 rings (SSSR count). The van der Waals surface area contributed by atoms with Crippen LogP contribution in [0.2, 0.25) is 0 Å². The van der Waals surface area contributed by atoms with E-state index in [9.17, 15) is 0 Å². The summed E-state index contributed by atoms with van der Waals surface area (Å²) in [6.07, 6.45) is 6.23. The lowest BCUT2D eigenvalue weighted by molar-refractivity contribution is 0.930. The maximum Gasteiger partial charge on any atom is 0.222 e. The predicted molar refractivity (Wildman–Crippen MR) is 77.3 cm³/mol. The maximum atomic E-state index is 5.83. The fourth-order valence-electron chi connectivity index (χ4n) is 2.30. The van der Waals surface area contributed by atoms with Gasteiger partial charge in [0, 0.05) is 19.2 Å². The minimum absolute atomic E-state index is 0.307.